The van der Waals surface area contributed by atoms with Crippen LogP contribution in [0.5, 0.6) is 0 Å². The summed E-state index contributed by atoms with van der Waals surface area (Å²) in [6.45, 7) is 3.71. The summed E-state index contributed by atoms with van der Waals surface area (Å²) in [6.07, 6.45) is 1.05. The maximum Gasteiger partial charge on any atom is 0.132 e. The van der Waals surface area contributed by atoms with Gasteiger partial charge in [0.2, 0.25) is 0 Å². The number of hydrogen-bond acceptors (Lipinski definition) is 1. The second kappa shape index (κ2) is 7.07. The van der Waals surface area contributed by atoms with Crippen molar-refractivity contribution in [3.63, 3.8) is 0 Å². The van der Waals surface area contributed by atoms with Gasteiger partial charge in [-0.1, -0.05) is 36.2 Å². The summed E-state index contributed by atoms with van der Waals surface area (Å²) in [4.78, 5) is 0. The van der Waals surface area contributed by atoms with Crippen molar-refractivity contribution in [2.75, 3.05) is 6.54 Å². The summed E-state index contributed by atoms with van der Waals surface area (Å²) in [5, 5.41) is 4.30. The van der Waals surface area contributed by atoms with Gasteiger partial charge in [0.1, 0.15) is 5.82 Å². The zero-order valence-electron chi connectivity index (χ0n) is 11.2. The zero-order chi connectivity index (χ0) is 14.5. The van der Waals surface area contributed by atoms with Crippen LogP contribution in [0.3, 0.4) is 0 Å². The van der Waals surface area contributed by atoms with Crippen molar-refractivity contribution in [1.29, 1.82) is 0 Å². The maximum atomic E-state index is 14.1. The first-order valence-corrected chi connectivity index (χ1v) is 7.32. The molecule has 0 bridgehead atoms. The van der Waals surface area contributed by atoms with E-state index in [9.17, 15) is 4.39 Å². The van der Waals surface area contributed by atoms with Crippen LogP contribution in [0.4, 0.5) is 4.39 Å². The third-order valence-electron chi connectivity index (χ3n) is 3.04. The van der Waals surface area contributed by atoms with E-state index in [1.807, 2.05) is 12.1 Å². The second-order valence-corrected chi connectivity index (χ2v) is 5.48. The van der Waals surface area contributed by atoms with Gasteiger partial charge < -0.3 is 5.32 Å². The molecule has 0 radical (unpaired) electrons. The molecule has 0 spiro atoms. The van der Waals surface area contributed by atoms with E-state index in [0.29, 0.717) is 22.2 Å². The van der Waals surface area contributed by atoms with Crippen LogP contribution in [-0.4, -0.2) is 6.54 Å². The van der Waals surface area contributed by atoms with Crippen molar-refractivity contribution < 1.29 is 4.39 Å². The Hall–Kier alpha value is -1.09. The van der Waals surface area contributed by atoms with Gasteiger partial charge >= 0.3 is 0 Å². The minimum atomic E-state index is -0.337. The van der Waals surface area contributed by atoms with Gasteiger partial charge in [0.05, 0.1) is 0 Å². The maximum absolute atomic E-state index is 14.1. The van der Waals surface area contributed by atoms with Gasteiger partial charge in [-0.3, -0.25) is 0 Å². The highest BCUT2D eigenvalue weighted by atomic mass is 35.5. The largest absolute Gasteiger partial charge is 0.313 e. The third-order valence-corrected chi connectivity index (χ3v) is 3.51. The molecule has 0 heterocycles. The molecule has 0 aliphatic carbocycles. The Bertz CT molecular complexity index is 599. The Kier molecular flexibility index (Phi) is 5.41. The minimum absolute atomic E-state index is 0.337. The van der Waals surface area contributed by atoms with Crippen molar-refractivity contribution in [2.24, 2.45) is 0 Å². The molecule has 0 saturated heterocycles. The van der Waals surface area contributed by atoms with E-state index in [-0.39, 0.29) is 5.82 Å². The number of hydrogen-bond donors (Lipinski definition) is 1. The van der Waals surface area contributed by atoms with Crippen molar-refractivity contribution in [3.8, 4) is 11.1 Å². The molecule has 0 amide bonds. The number of halogens is 3. The van der Waals surface area contributed by atoms with E-state index < -0.39 is 0 Å². The Morgan fingerprint density at radius 3 is 2.40 bits per heavy atom. The van der Waals surface area contributed by atoms with Crippen LogP contribution >= 0.6 is 23.2 Å². The van der Waals surface area contributed by atoms with Crippen LogP contribution in [0.15, 0.2) is 36.4 Å². The molecule has 1 nitrogen and oxygen atoms in total. The monoisotopic (exact) mass is 311 g/mol. The molecule has 2 aromatic rings. The Morgan fingerprint density at radius 1 is 1.00 bits per heavy atom. The molecule has 0 fully saturated rings. The zero-order valence-corrected chi connectivity index (χ0v) is 12.7. The Morgan fingerprint density at radius 2 is 1.70 bits per heavy atom. The fourth-order valence-electron chi connectivity index (χ4n) is 2.06. The lowest BCUT2D eigenvalue weighted by Gasteiger charge is -2.12. The number of benzene rings is 2. The lowest BCUT2D eigenvalue weighted by Crippen LogP contribution is -2.14. The summed E-state index contributed by atoms with van der Waals surface area (Å²) >= 11 is 11.8. The highest BCUT2D eigenvalue weighted by Crippen LogP contribution is 2.30. The molecule has 0 aliphatic heterocycles. The molecule has 0 unspecified atom stereocenters. The quantitative estimate of drug-likeness (QED) is 0.739. The van der Waals surface area contributed by atoms with E-state index >= 15 is 0 Å². The van der Waals surface area contributed by atoms with Gasteiger partial charge in [-0.05, 0) is 54.4 Å². The van der Waals surface area contributed by atoms with Gasteiger partial charge in [0, 0.05) is 22.2 Å². The summed E-state index contributed by atoms with van der Waals surface area (Å²) in [5.74, 6) is -0.337. The normalized spacial score (nSPS) is 10.8. The van der Waals surface area contributed by atoms with Crippen molar-refractivity contribution in [1.82, 2.24) is 5.32 Å². The van der Waals surface area contributed by atoms with Gasteiger partial charge in [0.25, 0.3) is 0 Å². The standard InChI is InChI=1S/C16H16Cl2FN/c1-2-7-20-10-11-3-4-12(17)8-15(11)14-6-5-13(18)9-16(14)19/h3-6,8-9,20H,2,7,10H2,1H3. The van der Waals surface area contributed by atoms with Crippen LogP contribution in [0, 0.1) is 5.82 Å². The summed E-state index contributed by atoms with van der Waals surface area (Å²) in [6, 6.07) is 10.2. The van der Waals surface area contributed by atoms with Crippen LogP contribution in [-0.2, 0) is 6.54 Å². The number of nitrogens with one attached hydrogen (secondary N) is 1. The first-order chi connectivity index (χ1) is 9.61. The fraction of sp³-hybridized carbons (Fsp3) is 0.250. The van der Waals surface area contributed by atoms with E-state index in [4.69, 9.17) is 23.2 Å². The topological polar surface area (TPSA) is 12.0 Å². The summed E-state index contributed by atoms with van der Waals surface area (Å²) < 4.78 is 14.1. The smallest absolute Gasteiger partial charge is 0.132 e. The van der Waals surface area contributed by atoms with Gasteiger partial charge in [-0.25, -0.2) is 4.39 Å². The molecule has 0 saturated carbocycles. The first kappa shape index (κ1) is 15.3. The number of rotatable bonds is 5. The van der Waals surface area contributed by atoms with Gasteiger partial charge in [0.15, 0.2) is 0 Å². The van der Waals surface area contributed by atoms with Crippen LogP contribution < -0.4 is 5.32 Å². The van der Waals surface area contributed by atoms with E-state index in [2.05, 4.69) is 12.2 Å². The van der Waals surface area contributed by atoms with Crippen LogP contribution in [0.2, 0.25) is 10.0 Å². The minimum Gasteiger partial charge on any atom is -0.313 e. The predicted molar refractivity (Wildman–Crippen MR) is 83.9 cm³/mol. The fourth-order valence-corrected chi connectivity index (χ4v) is 2.39. The first-order valence-electron chi connectivity index (χ1n) is 6.56. The van der Waals surface area contributed by atoms with E-state index in [1.165, 1.54) is 6.07 Å². The van der Waals surface area contributed by atoms with Crippen LogP contribution in [0.1, 0.15) is 18.9 Å². The van der Waals surface area contributed by atoms with E-state index in [1.54, 1.807) is 18.2 Å². The van der Waals surface area contributed by atoms with Gasteiger partial charge in [-0.2, -0.15) is 0 Å². The molecule has 0 aromatic heterocycles. The predicted octanol–water partition coefficient (Wildman–Crippen LogP) is 5.30. The second-order valence-electron chi connectivity index (χ2n) is 4.60. The summed E-state index contributed by atoms with van der Waals surface area (Å²) in [7, 11) is 0. The van der Waals surface area contributed by atoms with Crippen molar-refractivity contribution in [3.05, 3.63) is 57.8 Å². The van der Waals surface area contributed by atoms with Crippen LogP contribution in [0.25, 0.3) is 11.1 Å². The van der Waals surface area contributed by atoms with E-state index in [0.717, 1.165) is 24.1 Å². The highest BCUT2D eigenvalue weighted by Gasteiger charge is 2.11. The van der Waals surface area contributed by atoms with Gasteiger partial charge in [-0.15, -0.1) is 0 Å². The lowest BCUT2D eigenvalue weighted by atomic mass is 9.99. The molecule has 4 heteroatoms. The Labute approximate surface area is 128 Å². The average Bonchev–Trinajstić information content (AvgIpc) is 2.41. The molecule has 2 aromatic carbocycles. The molecule has 0 aliphatic rings. The highest BCUT2D eigenvalue weighted by molar-refractivity contribution is 6.31. The summed E-state index contributed by atoms with van der Waals surface area (Å²) in [5.41, 5.74) is 2.34. The third kappa shape index (κ3) is 3.72. The molecule has 0 atom stereocenters. The van der Waals surface area contributed by atoms with Crippen molar-refractivity contribution >= 4 is 23.2 Å². The molecule has 106 valence electrons. The molecule has 2 rings (SSSR count). The SMILES string of the molecule is CCCNCc1ccc(Cl)cc1-c1ccc(Cl)cc1F. The van der Waals surface area contributed by atoms with Crippen molar-refractivity contribution in [2.45, 2.75) is 19.9 Å². The Balaban J connectivity index is 2.40. The molecular formula is C16H16Cl2FN. The average molecular weight is 312 g/mol. The molecular weight excluding hydrogens is 296 g/mol. The lowest BCUT2D eigenvalue weighted by molar-refractivity contribution is 0.630. The molecule has 20 heavy (non-hydrogen) atoms. The molecule has 1 N–H and O–H groups in total.